The molecule has 0 fully saturated rings. The molecule has 19 heavy (non-hydrogen) atoms. The van der Waals surface area contributed by atoms with E-state index in [2.05, 4.69) is 0 Å². The number of furan rings is 2. The number of amides is 1. The van der Waals surface area contributed by atoms with E-state index in [1.165, 1.54) is 4.90 Å². The van der Waals surface area contributed by atoms with E-state index in [0.29, 0.717) is 24.6 Å². The molecule has 2 aromatic rings. The Kier molecular flexibility index (Phi) is 4.00. The second kappa shape index (κ2) is 5.53. The Balaban J connectivity index is 2.10. The number of halogens is 1. The summed E-state index contributed by atoms with van der Waals surface area (Å²) < 4.78 is 11.0. The summed E-state index contributed by atoms with van der Waals surface area (Å²) in [6.07, 6.45) is 0. The molecule has 0 atom stereocenters. The molecule has 0 aromatic carbocycles. The molecular weight excluding hydrogens is 266 g/mol. The van der Waals surface area contributed by atoms with Gasteiger partial charge in [-0.15, -0.1) is 0 Å². The van der Waals surface area contributed by atoms with E-state index in [9.17, 15) is 4.79 Å². The molecule has 0 saturated carbocycles. The first-order valence-corrected chi connectivity index (χ1v) is 6.39. The van der Waals surface area contributed by atoms with Crippen LogP contribution >= 0.6 is 11.6 Å². The Bertz CT molecular complexity index is 566. The second-order valence-electron chi connectivity index (χ2n) is 4.57. The number of hydrogen-bond acceptors (Lipinski definition) is 3. The van der Waals surface area contributed by atoms with Gasteiger partial charge in [0.05, 0.1) is 13.1 Å². The average Bonchev–Trinajstić information content (AvgIpc) is 2.85. The summed E-state index contributed by atoms with van der Waals surface area (Å²) in [4.78, 5) is 12.9. The van der Waals surface area contributed by atoms with Gasteiger partial charge >= 0.3 is 5.37 Å². The number of carbonyl (C=O) groups excluding carboxylic acids is 1. The molecule has 0 spiro atoms. The molecule has 2 rings (SSSR count). The van der Waals surface area contributed by atoms with Crippen molar-refractivity contribution in [2.75, 3.05) is 0 Å². The SMILES string of the molecule is Cc1ccc(CN(Cc2cc(C)c(C)o2)C(=O)Cl)o1. The van der Waals surface area contributed by atoms with E-state index >= 15 is 0 Å². The third-order valence-corrected chi connectivity index (χ3v) is 3.19. The van der Waals surface area contributed by atoms with E-state index in [-0.39, 0.29) is 0 Å². The molecule has 0 aliphatic carbocycles. The molecule has 0 bridgehead atoms. The van der Waals surface area contributed by atoms with Crippen molar-refractivity contribution in [2.24, 2.45) is 0 Å². The minimum absolute atomic E-state index is 0.328. The van der Waals surface area contributed by atoms with Crippen LogP contribution in [-0.2, 0) is 13.1 Å². The maximum atomic E-state index is 11.5. The van der Waals surface area contributed by atoms with Crippen LogP contribution in [0.4, 0.5) is 4.79 Å². The van der Waals surface area contributed by atoms with Crippen molar-refractivity contribution >= 4 is 17.0 Å². The smallest absolute Gasteiger partial charge is 0.317 e. The quantitative estimate of drug-likeness (QED) is 0.624. The fraction of sp³-hybridized carbons (Fsp3) is 0.357. The highest BCUT2D eigenvalue weighted by atomic mass is 35.5. The first-order valence-electron chi connectivity index (χ1n) is 6.01. The summed E-state index contributed by atoms with van der Waals surface area (Å²) in [5.74, 6) is 3.08. The van der Waals surface area contributed by atoms with Crippen molar-refractivity contribution in [1.82, 2.24) is 4.90 Å². The minimum atomic E-state index is -0.527. The predicted octanol–water partition coefficient (Wildman–Crippen LogP) is 4.16. The lowest BCUT2D eigenvalue weighted by Gasteiger charge is -2.16. The second-order valence-corrected chi connectivity index (χ2v) is 4.90. The zero-order valence-corrected chi connectivity index (χ0v) is 12.0. The number of nitrogens with zero attached hydrogens (tertiary/aromatic N) is 1. The zero-order valence-electron chi connectivity index (χ0n) is 11.2. The van der Waals surface area contributed by atoms with Gasteiger partial charge in [-0.3, -0.25) is 4.79 Å². The average molecular weight is 282 g/mol. The Morgan fingerprint density at radius 1 is 1.16 bits per heavy atom. The van der Waals surface area contributed by atoms with Crippen LogP contribution in [0.3, 0.4) is 0 Å². The Labute approximate surface area is 116 Å². The molecule has 2 aromatic heterocycles. The zero-order chi connectivity index (χ0) is 14.0. The standard InChI is InChI=1S/C14H16ClNO3/c1-9-6-13(19-11(9)3)8-16(14(15)17)7-12-5-4-10(2)18-12/h4-6H,7-8H2,1-3H3. The molecule has 4 nitrogen and oxygen atoms in total. The summed E-state index contributed by atoms with van der Waals surface area (Å²) in [7, 11) is 0. The van der Waals surface area contributed by atoms with Gasteiger partial charge in [0, 0.05) is 0 Å². The molecule has 102 valence electrons. The van der Waals surface area contributed by atoms with E-state index < -0.39 is 5.37 Å². The predicted molar refractivity (Wildman–Crippen MR) is 72.1 cm³/mol. The fourth-order valence-corrected chi connectivity index (χ4v) is 1.97. The van der Waals surface area contributed by atoms with Gasteiger partial charge in [0.1, 0.15) is 23.0 Å². The molecule has 0 unspecified atom stereocenters. The normalized spacial score (nSPS) is 10.7. The first-order chi connectivity index (χ1) is 8.95. The Morgan fingerprint density at radius 2 is 1.84 bits per heavy atom. The summed E-state index contributed by atoms with van der Waals surface area (Å²) in [6, 6.07) is 5.60. The molecular formula is C14H16ClNO3. The topological polar surface area (TPSA) is 46.6 Å². The third kappa shape index (κ3) is 3.41. The van der Waals surface area contributed by atoms with Crippen molar-refractivity contribution in [3.8, 4) is 0 Å². The highest BCUT2D eigenvalue weighted by Gasteiger charge is 2.16. The summed E-state index contributed by atoms with van der Waals surface area (Å²) in [5, 5.41) is -0.527. The molecule has 0 aliphatic heterocycles. The van der Waals surface area contributed by atoms with Gasteiger partial charge in [0.15, 0.2) is 0 Å². The van der Waals surface area contributed by atoms with Crippen molar-refractivity contribution in [2.45, 2.75) is 33.9 Å². The van der Waals surface area contributed by atoms with Crippen molar-refractivity contribution < 1.29 is 13.6 Å². The highest BCUT2D eigenvalue weighted by Crippen LogP contribution is 2.18. The molecule has 0 saturated heterocycles. The van der Waals surface area contributed by atoms with E-state index in [4.69, 9.17) is 20.4 Å². The van der Waals surface area contributed by atoms with Crippen molar-refractivity contribution in [1.29, 1.82) is 0 Å². The van der Waals surface area contributed by atoms with E-state index in [1.807, 2.05) is 39.0 Å². The van der Waals surface area contributed by atoms with Crippen molar-refractivity contribution in [3.05, 3.63) is 46.8 Å². The largest absolute Gasteiger partial charge is 0.464 e. The molecule has 0 N–H and O–H groups in total. The molecule has 2 heterocycles. The molecule has 0 radical (unpaired) electrons. The van der Waals surface area contributed by atoms with E-state index in [0.717, 1.165) is 17.1 Å². The summed E-state index contributed by atoms with van der Waals surface area (Å²) in [6.45, 7) is 6.37. The van der Waals surface area contributed by atoms with Crippen LogP contribution in [-0.4, -0.2) is 10.3 Å². The van der Waals surface area contributed by atoms with Crippen LogP contribution in [0.15, 0.2) is 27.0 Å². The maximum absolute atomic E-state index is 11.5. The minimum Gasteiger partial charge on any atom is -0.464 e. The Morgan fingerprint density at radius 3 is 2.32 bits per heavy atom. The highest BCUT2D eigenvalue weighted by molar-refractivity contribution is 6.62. The lowest BCUT2D eigenvalue weighted by molar-refractivity contribution is 0.205. The number of hydrogen-bond donors (Lipinski definition) is 0. The van der Waals surface area contributed by atoms with Crippen LogP contribution < -0.4 is 0 Å². The third-order valence-electron chi connectivity index (χ3n) is 2.96. The maximum Gasteiger partial charge on any atom is 0.317 e. The lowest BCUT2D eigenvalue weighted by Crippen LogP contribution is -2.24. The molecule has 5 heteroatoms. The monoisotopic (exact) mass is 281 g/mol. The number of aryl methyl sites for hydroxylation is 3. The first kappa shape index (κ1) is 13.7. The summed E-state index contributed by atoms with van der Waals surface area (Å²) >= 11 is 5.60. The van der Waals surface area contributed by atoms with Crippen LogP contribution in [0, 0.1) is 20.8 Å². The number of rotatable bonds is 4. The summed E-state index contributed by atoms with van der Waals surface area (Å²) in [5.41, 5.74) is 1.06. The van der Waals surface area contributed by atoms with Gasteiger partial charge in [-0.1, -0.05) is 0 Å². The van der Waals surface area contributed by atoms with Gasteiger partial charge in [0.25, 0.3) is 0 Å². The van der Waals surface area contributed by atoms with Gasteiger partial charge < -0.3 is 13.7 Å². The molecule has 1 amide bonds. The van der Waals surface area contributed by atoms with Gasteiger partial charge in [0.2, 0.25) is 0 Å². The van der Waals surface area contributed by atoms with Gasteiger partial charge in [-0.25, -0.2) is 0 Å². The lowest BCUT2D eigenvalue weighted by atomic mass is 10.3. The van der Waals surface area contributed by atoms with Gasteiger partial charge in [-0.05, 0) is 56.1 Å². The van der Waals surface area contributed by atoms with Gasteiger partial charge in [-0.2, -0.15) is 0 Å². The van der Waals surface area contributed by atoms with Crippen LogP contribution in [0.2, 0.25) is 0 Å². The molecule has 0 aliphatic rings. The van der Waals surface area contributed by atoms with Crippen LogP contribution in [0.1, 0.15) is 28.6 Å². The van der Waals surface area contributed by atoms with E-state index in [1.54, 1.807) is 0 Å². The Hall–Kier alpha value is -1.68. The number of carbonyl (C=O) groups is 1. The van der Waals surface area contributed by atoms with Crippen LogP contribution in [0.25, 0.3) is 0 Å². The van der Waals surface area contributed by atoms with Crippen LogP contribution in [0.5, 0.6) is 0 Å². The fourth-order valence-electron chi connectivity index (χ4n) is 1.85. The van der Waals surface area contributed by atoms with Crippen molar-refractivity contribution in [3.63, 3.8) is 0 Å².